The van der Waals surface area contributed by atoms with Crippen molar-refractivity contribution >= 4 is 17.5 Å². The van der Waals surface area contributed by atoms with Crippen LogP contribution in [0, 0.1) is 0 Å². The second-order valence-corrected chi connectivity index (χ2v) is 3.69. The van der Waals surface area contributed by atoms with Gasteiger partial charge in [-0.3, -0.25) is 14.7 Å². The second-order valence-electron chi connectivity index (χ2n) is 3.69. The van der Waals surface area contributed by atoms with Gasteiger partial charge in [-0.2, -0.15) is 10.2 Å². The van der Waals surface area contributed by atoms with E-state index in [9.17, 15) is 9.59 Å². The lowest BCUT2D eigenvalue weighted by Gasteiger charge is -2.18. The summed E-state index contributed by atoms with van der Waals surface area (Å²) in [6.07, 6.45) is 2.04. The van der Waals surface area contributed by atoms with Gasteiger partial charge >= 0.3 is 0 Å². The molecule has 2 N–H and O–H groups in total. The van der Waals surface area contributed by atoms with Crippen molar-refractivity contribution in [1.82, 2.24) is 25.5 Å². The zero-order chi connectivity index (χ0) is 12.3. The van der Waals surface area contributed by atoms with Crippen molar-refractivity contribution in [3.05, 3.63) is 12.2 Å². The minimum Gasteiger partial charge on any atom is -0.333 e. The number of hydrazone groups is 1. The molecule has 2 rings (SSSR count). The van der Waals surface area contributed by atoms with E-state index in [1.54, 1.807) is 7.05 Å². The van der Waals surface area contributed by atoms with E-state index in [1.165, 1.54) is 11.2 Å². The number of nitrogens with zero attached hydrogens (tertiary/aromatic N) is 4. The lowest BCUT2D eigenvalue weighted by Crippen LogP contribution is -2.37. The number of H-pyrrole nitrogens is 1. The lowest BCUT2D eigenvalue weighted by molar-refractivity contribution is -0.124. The topological polar surface area (TPSA) is 103 Å². The van der Waals surface area contributed by atoms with Gasteiger partial charge in [0.25, 0.3) is 5.91 Å². The SMILES string of the molecule is CN(Cc1ncn[nH]1)C(=O)C1=NNC(=O)CC1. The summed E-state index contributed by atoms with van der Waals surface area (Å²) in [4.78, 5) is 28.2. The average molecular weight is 236 g/mol. The predicted molar refractivity (Wildman–Crippen MR) is 57.7 cm³/mol. The Labute approximate surface area is 97.1 Å². The highest BCUT2D eigenvalue weighted by atomic mass is 16.2. The van der Waals surface area contributed by atoms with Gasteiger partial charge in [-0.05, 0) is 0 Å². The first kappa shape index (κ1) is 11.2. The molecule has 0 unspecified atom stereocenters. The second kappa shape index (κ2) is 4.73. The Hall–Kier alpha value is -2.25. The molecule has 0 saturated heterocycles. The molecule has 2 heterocycles. The summed E-state index contributed by atoms with van der Waals surface area (Å²) in [5, 5.41) is 10.1. The van der Waals surface area contributed by atoms with E-state index >= 15 is 0 Å². The number of rotatable bonds is 3. The first-order valence-corrected chi connectivity index (χ1v) is 5.12. The number of aromatic amines is 1. The molecule has 0 spiro atoms. The molecule has 1 aromatic heterocycles. The van der Waals surface area contributed by atoms with Crippen LogP contribution in [0.1, 0.15) is 18.7 Å². The van der Waals surface area contributed by atoms with Crippen LogP contribution in [0.4, 0.5) is 0 Å². The van der Waals surface area contributed by atoms with E-state index in [0.29, 0.717) is 30.9 Å². The largest absolute Gasteiger partial charge is 0.333 e. The van der Waals surface area contributed by atoms with Gasteiger partial charge < -0.3 is 4.90 Å². The molecule has 0 bridgehead atoms. The fourth-order valence-electron chi connectivity index (χ4n) is 1.45. The number of aromatic nitrogens is 3. The molecule has 8 nitrogen and oxygen atoms in total. The van der Waals surface area contributed by atoms with E-state index in [0.717, 1.165) is 0 Å². The normalized spacial score (nSPS) is 15.1. The number of amides is 2. The van der Waals surface area contributed by atoms with Crippen molar-refractivity contribution in [2.75, 3.05) is 7.05 Å². The van der Waals surface area contributed by atoms with Gasteiger partial charge in [0.1, 0.15) is 17.9 Å². The van der Waals surface area contributed by atoms with Crippen molar-refractivity contribution in [2.24, 2.45) is 5.10 Å². The van der Waals surface area contributed by atoms with Crippen molar-refractivity contribution in [1.29, 1.82) is 0 Å². The zero-order valence-corrected chi connectivity index (χ0v) is 9.30. The van der Waals surface area contributed by atoms with Crippen LogP contribution in [0.5, 0.6) is 0 Å². The van der Waals surface area contributed by atoms with Gasteiger partial charge in [0.15, 0.2) is 0 Å². The summed E-state index contributed by atoms with van der Waals surface area (Å²) in [6.45, 7) is 0.325. The highest BCUT2D eigenvalue weighted by Gasteiger charge is 2.21. The first-order valence-electron chi connectivity index (χ1n) is 5.12. The molecule has 17 heavy (non-hydrogen) atoms. The Balaban J connectivity index is 1.97. The summed E-state index contributed by atoms with van der Waals surface area (Å²) in [7, 11) is 1.64. The lowest BCUT2D eigenvalue weighted by atomic mass is 10.1. The Morgan fingerprint density at radius 2 is 2.35 bits per heavy atom. The standard InChI is InChI=1S/C9H12N6O2/c1-15(4-7-10-5-11-13-7)9(17)6-2-3-8(16)14-12-6/h5H,2-4H2,1H3,(H,14,16)(H,10,11,13). The number of carbonyl (C=O) groups is 2. The summed E-state index contributed by atoms with van der Waals surface area (Å²) in [5.41, 5.74) is 2.65. The van der Waals surface area contributed by atoms with Crippen LogP contribution in [0.2, 0.25) is 0 Å². The third-order valence-corrected chi connectivity index (χ3v) is 2.35. The Morgan fingerprint density at radius 1 is 1.53 bits per heavy atom. The maximum Gasteiger partial charge on any atom is 0.270 e. The number of hydrogen-bond donors (Lipinski definition) is 2. The van der Waals surface area contributed by atoms with Crippen molar-refractivity contribution < 1.29 is 9.59 Å². The van der Waals surface area contributed by atoms with Crippen molar-refractivity contribution in [3.63, 3.8) is 0 Å². The van der Waals surface area contributed by atoms with Crippen LogP contribution in [-0.2, 0) is 16.1 Å². The minimum atomic E-state index is -0.221. The number of carbonyl (C=O) groups excluding carboxylic acids is 2. The molecule has 1 aliphatic heterocycles. The molecule has 90 valence electrons. The smallest absolute Gasteiger partial charge is 0.270 e. The van der Waals surface area contributed by atoms with Gasteiger partial charge in [0.2, 0.25) is 5.91 Å². The molecule has 0 fully saturated rings. The summed E-state index contributed by atoms with van der Waals surface area (Å²) in [5.74, 6) is 0.210. The van der Waals surface area contributed by atoms with E-state index in [2.05, 4.69) is 25.7 Å². The maximum atomic E-state index is 11.9. The van der Waals surface area contributed by atoms with Gasteiger partial charge in [-0.1, -0.05) is 0 Å². The van der Waals surface area contributed by atoms with E-state index in [1.807, 2.05) is 0 Å². The number of hydrogen-bond acceptors (Lipinski definition) is 5. The van der Waals surface area contributed by atoms with Crippen molar-refractivity contribution in [3.8, 4) is 0 Å². The Morgan fingerprint density at radius 3 is 2.94 bits per heavy atom. The maximum absolute atomic E-state index is 11.9. The summed E-state index contributed by atoms with van der Waals surface area (Å²) >= 11 is 0. The highest BCUT2D eigenvalue weighted by molar-refractivity contribution is 6.39. The molecular formula is C9H12N6O2. The van der Waals surface area contributed by atoms with Gasteiger partial charge in [-0.25, -0.2) is 10.4 Å². The van der Waals surface area contributed by atoms with Crippen LogP contribution >= 0.6 is 0 Å². The van der Waals surface area contributed by atoms with E-state index in [-0.39, 0.29) is 11.8 Å². The van der Waals surface area contributed by atoms with Crippen LogP contribution < -0.4 is 5.43 Å². The molecule has 8 heteroatoms. The van der Waals surface area contributed by atoms with Crippen LogP contribution in [0.3, 0.4) is 0 Å². The average Bonchev–Trinajstić information content (AvgIpc) is 2.82. The fraction of sp³-hybridized carbons (Fsp3) is 0.444. The first-order chi connectivity index (χ1) is 8.16. The molecule has 2 amide bonds. The van der Waals surface area contributed by atoms with E-state index in [4.69, 9.17) is 0 Å². The van der Waals surface area contributed by atoms with Crippen LogP contribution in [0.25, 0.3) is 0 Å². The third kappa shape index (κ3) is 2.65. The Bertz CT molecular complexity index is 452. The van der Waals surface area contributed by atoms with Crippen molar-refractivity contribution in [2.45, 2.75) is 19.4 Å². The quantitative estimate of drug-likeness (QED) is 0.704. The third-order valence-electron chi connectivity index (χ3n) is 2.35. The van der Waals surface area contributed by atoms with Crippen LogP contribution in [0.15, 0.2) is 11.4 Å². The Kier molecular flexibility index (Phi) is 3.12. The summed E-state index contributed by atoms with van der Waals surface area (Å²) in [6, 6.07) is 0. The van der Waals surface area contributed by atoms with Gasteiger partial charge in [-0.15, -0.1) is 0 Å². The van der Waals surface area contributed by atoms with Crippen LogP contribution in [-0.4, -0.2) is 44.7 Å². The molecule has 0 radical (unpaired) electrons. The van der Waals surface area contributed by atoms with Gasteiger partial charge in [0, 0.05) is 19.9 Å². The summed E-state index contributed by atoms with van der Waals surface area (Å²) < 4.78 is 0. The highest BCUT2D eigenvalue weighted by Crippen LogP contribution is 2.04. The zero-order valence-electron chi connectivity index (χ0n) is 9.30. The number of nitrogens with one attached hydrogen (secondary N) is 2. The van der Waals surface area contributed by atoms with Gasteiger partial charge in [0.05, 0.1) is 6.54 Å². The molecule has 0 atom stereocenters. The predicted octanol–water partition coefficient (Wildman–Crippen LogP) is -0.971. The molecule has 0 saturated carbocycles. The minimum absolute atomic E-state index is 0.167. The molecule has 1 aromatic rings. The molecule has 0 aromatic carbocycles. The molecule has 0 aliphatic carbocycles. The molecular weight excluding hydrogens is 224 g/mol. The monoisotopic (exact) mass is 236 g/mol. The fourth-order valence-corrected chi connectivity index (χ4v) is 1.45. The molecule has 1 aliphatic rings. The van der Waals surface area contributed by atoms with E-state index < -0.39 is 0 Å².